The Labute approximate surface area is 131 Å². The average molecular weight is 343 g/mol. The molecule has 0 spiro atoms. The first kappa shape index (κ1) is 13.0. The number of methoxy groups -OCH3 is 1. The number of hydrogen-bond donors (Lipinski definition) is 0. The Morgan fingerprint density at radius 3 is 2.81 bits per heavy atom. The summed E-state index contributed by atoms with van der Waals surface area (Å²) < 4.78 is 11.1. The number of halogens is 1. The van der Waals surface area contributed by atoms with Crippen molar-refractivity contribution in [3.05, 3.63) is 47.5 Å². The zero-order valence-corrected chi connectivity index (χ0v) is 13.4. The normalized spacial score (nSPS) is 13.4. The predicted octanol–water partition coefficient (Wildman–Crippen LogP) is 4.83. The van der Waals surface area contributed by atoms with Gasteiger partial charge < -0.3 is 9.47 Å². The third-order valence-electron chi connectivity index (χ3n) is 4.20. The highest BCUT2D eigenvalue weighted by Gasteiger charge is 2.15. The van der Waals surface area contributed by atoms with Crippen LogP contribution in [0.25, 0.3) is 21.5 Å². The minimum absolute atomic E-state index is 0.790. The van der Waals surface area contributed by atoms with Gasteiger partial charge in [-0.1, -0.05) is 22.0 Å². The zero-order valence-electron chi connectivity index (χ0n) is 11.8. The van der Waals surface area contributed by atoms with Crippen LogP contribution < -0.4 is 9.47 Å². The number of alkyl halides is 1. The van der Waals surface area contributed by atoms with Gasteiger partial charge in [-0.05, 0) is 63.0 Å². The van der Waals surface area contributed by atoms with Gasteiger partial charge in [0.05, 0.1) is 13.7 Å². The lowest BCUT2D eigenvalue weighted by Crippen LogP contribution is -1.89. The molecule has 0 amide bonds. The summed E-state index contributed by atoms with van der Waals surface area (Å²) in [6, 6.07) is 13.0. The van der Waals surface area contributed by atoms with Crippen molar-refractivity contribution < 1.29 is 9.47 Å². The van der Waals surface area contributed by atoms with E-state index in [0.29, 0.717) is 0 Å². The molecule has 21 heavy (non-hydrogen) atoms. The van der Waals surface area contributed by atoms with E-state index in [0.717, 1.165) is 29.9 Å². The molecule has 0 radical (unpaired) electrons. The standard InChI is InChI=1S/C18H15BrO2/c1-20-14-2-3-15-13(10-19)7-12-6-11-4-5-21-18(11)9-16(12)17(15)8-14/h2-3,6-9H,4-5,10H2,1H3. The van der Waals surface area contributed by atoms with Crippen molar-refractivity contribution in [2.75, 3.05) is 13.7 Å². The van der Waals surface area contributed by atoms with E-state index in [9.17, 15) is 0 Å². The van der Waals surface area contributed by atoms with Crippen LogP contribution in [0.3, 0.4) is 0 Å². The zero-order chi connectivity index (χ0) is 14.4. The molecule has 0 unspecified atom stereocenters. The van der Waals surface area contributed by atoms with Crippen LogP contribution in [0.2, 0.25) is 0 Å². The number of fused-ring (bicyclic) bond motifs is 4. The third kappa shape index (κ3) is 1.99. The van der Waals surface area contributed by atoms with Crippen molar-refractivity contribution in [1.29, 1.82) is 0 Å². The maximum Gasteiger partial charge on any atom is 0.123 e. The van der Waals surface area contributed by atoms with E-state index in [2.05, 4.69) is 46.3 Å². The van der Waals surface area contributed by atoms with Crippen molar-refractivity contribution in [2.45, 2.75) is 11.8 Å². The molecule has 0 fully saturated rings. The summed E-state index contributed by atoms with van der Waals surface area (Å²) in [5.74, 6) is 1.91. The summed E-state index contributed by atoms with van der Waals surface area (Å²) in [6.45, 7) is 0.790. The number of ether oxygens (including phenoxy) is 2. The molecule has 4 rings (SSSR count). The van der Waals surface area contributed by atoms with Crippen LogP contribution >= 0.6 is 15.9 Å². The SMILES string of the molecule is COc1ccc2c(CBr)cc3cc4c(cc3c2c1)OCC4. The molecule has 2 nitrogen and oxygen atoms in total. The van der Waals surface area contributed by atoms with Crippen LogP contribution in [0.5, 0.6) is 11.5 Å². The minimum atomic E-state index is 0.790. The van der Waals surface area contributed by atoms with Gasteiger partial charge in [-0.3, -0.25) is 0 Å². The molecule has 1 aliphatic rings. The molecule has 0 saturated heterocycles. The Hall–Kier alpha value is -1.74. The maximum absolute atomic E-state index is 5.73. The summed E-state index contributed by atoms with van der Waals surface area (Å²) in [6.07, 6.45) is 1.01. The second-order valence-electron chi connectivity index (χ2n) is 5.36. The molecular weight excluding hydrogens is 328 g/mol. The summed E-state index contributed by atoms with van der Waals surface area (Å²) in [4.78, 5) is 0. The molecule has 3 aromatic carbocycles. The van der Waals surface area contributed by atoms with E-state index in [1.807, 2.05) is 6.07 Å². The van der Waals surface area contributed by atoms with Gasteiger partial charge in [0.15, 0.2) is 0 Å². The molecule has 0 aliphatic carbocycles. The highest BCUT2D eigenvalue weighted by atomic mass is 79.9. The van der Waals surface area contributed by atoms with Crippen molar-refractivity contribution in [3.63, 3.8) is 0 Å². The predicted molar refractivity (Wildman–Crippen MR) is 89.8 cm³/mol. The Bertz CT molecular complexity index is 855. The minimum Gasteiger partial charge on any atom is -0.497 e. The van der Waals surface area contributed by atoms with E-state index in [1.165, 1.54) is 32.7 Å². The fourth-order valence-corrected chi connectivity index (χ4v) is 3.59. The monoisotopic (exact) mass is 342 g/mol. The van der Waals surface area contributed by atoms with Crippen molar-refractivity contribution in [2.24, 2.45) is 0 Å². The lowest BCUT2D eigenvalue weighted by Gasteiger charge is -2.12. The summed E-state index contributed by atoms with van der Waals surface area (Å²) in [7, 11) is 1.71. The number of hydrogen-bond acceptors (Lipinski definition) is 2. The topological polar surface area (TPSA) is 18.5 Å². The lowest BCUT2D eigenvalue weighted by molar-refractivity contribution is 0.357. The van der Waals surface area contributed by atoms with Crippen LogP contribution in [0.1, 0.15) is 11.1 Å². The summed E-state index contributed by atoms with van der Waals surface area (Å²) in [5, 5.41) is 5.83. The molecule has 0 saturated carbocycles. The first-order valence-corrected chi connectivity index (χ1v) is 8.17. The molecule has 3 heteroatoms. The first-order chi connectivity index (χ1) is 10.3. The molecule has 106 valence electrons. The van der Waals surface area contributed by atoms with Gasteiger partial charge >= 0.3 is 0 Å². The lowest BCUT2D eigenvalue weighted by atomic mass is 9.96. The van der Waals surface area contributed by atoms with Crippen molar-refractivity contribution >= 4 is 37.5 Å². The second kappa shape index (κ2) is 4.92. The third-order valence-corrected chi connectivity index (χ3v) is 4.80. The Kier molecular flexibility index (Phi) is 3.03. The van der Waals surface area contributed by atoms with E-state index in [4.69, 9.17) is 9.47 Å². The van der Waals surface area contributed by atoms with Gasteiger partial charge in [0, 0.05) is 11.8 Å². The van der Waals surface area contributed by atoms with Crippen LogP contribution in [0, 0.1) is 0 Å². The fourth-order valence-electron chi connectivity index (χ4n) is 3.13. The quantitative estimate of drug-likeness (QED) is 0.490. The van der Waals surface area contributed by atoms with Gasteiger partial charge in [0.1, 0.15) is 11.5 Å². The second-order valence-corrected chi connectivity index (χ2v) is 5.92. The molecular formula is C18H15BrO2. The van der Waals surface area contributed by atoms with Crippen LogP contribution in [0.4, 0.5) is 0 Å². The summed E-state index contributed by atoms with van der Waals surface area (Å²) >= 11 is 3.61. The molecule has 0 N–H and O–H groups in total. The first-order valence-electron chi connectivity index (χ1n) is 7.05. The molecule has 0 bridgehead atoms. The largest absolute Gasteiger partial charge is 0.497 e. The smallest absolute Gasteiger partial charge is 0.123 e. The average Bonchev–Trinajstić information content (AvgIpc) is 2.98. The van der Waals surface area contributed by atoms with Gasteiger partial charge in [-0.2, -0.15) is 0 Å². The van der Waals surface area contributed by atoms with Gasteiger partial charge in [0.25, 0.3) is 0 Å². The van der Waals surface area contributed by atoms with Gasteiger partial charge in [-0.15, -0.1) is 0 Å². The number of benzene rings is 3. The summed E-state index contributed by atoms with van der Waals surface area (Å²) in [5.41, 5.74) is 2.62. The van der Waals surface area contributed by atoms with E-state index >= 15 is 0 Å². The molecule has 1 heterocycles. The maximum atomic E-state index is 5.73. The molecule has 0 atom stereocenters. The molecule has 3 aromatic rings. The highest BCUT2D eigenvalue weighted by Crippen LogP contribution is 2.37. The number of rotatable bonds is 2. The Balaban J connectivity index is 2.14. The molecule has 0 aromatic heterocycles. The van der Waals surface area contributed by atoms with Gasteiger partial charge in [-0.25, -0.2) is 0 Å². The van der Waals surface area contributed by atoms with E-state index in [1.54, 1.807) is 7.11 Å². The fraction of sp³-hybridized carbons (Fsp3) is 0.222. The Morgan fingerprint density at radius 1 is 1.10 bits per heavy atom. The van der Waals surface area contributed by atoms with E-state index in [-0.39, 0.29) is 0 Å². The van der Waals surface area contributed by atoms with Crippen LogP contribution in [-0.2, 0) is 11.8 Å². The molecule has 1 aliphatic heterocycles. The van der Waals surface area contributed by atoms with Gasteiger partial charge in [0.2, 0.25) is 0 Å². The van der Waals surface area contributed by atoms with Crippen molar-refractivity contribution in [1.82, 2.24) is 0 Å². The van der Waals surface area contributed by atoms with E-state index < -0.39 is 0 Å². The van der Waals surface area contributed by atoms with Crippen LogP contribution in [-0.4, -0.2) is 13.7 Å². The highest BCUT2D eigenvalue weighted by molar-refractivity contribution is 9.08. The van der Waals surface area contributed by atoms with Crippen molar-refractivity contribution in [3.8, 4) is 11.5 Å². The Morgan fingerprint density at radius 2 is 2.00 bits per heavy atom. The van der Waals surface area contributed by atoms with Crippen LogP contribution in [0.15, 0.2) is 36.4 Å².